The number of carbonyl (C=O) groups is 2. The van der Waals surface area contributed by atoms with Gasteiger partial charge in [-0.15, -0.1) is 0 Å². The van der Waals surface area contributed by atoms with Crippen molar-refractivity contribution in [2.75, 3.05) is 13.1 Å². The molecular weight excluding hydrogens is 355 g/mol. The molecule has 1 N–H and O–H groups in total. The lowest BCUT2D eigenvalue weighted by Gasteiger charge is -2.43. The highest BCUT2D eigenvalue weighted by atomic mass is 19.1. The summed E-state index contributed by atoms with van der Waals surface area (Å²) in [6.45, 7) is 0.685. The first-order valence-corrected chi connectivity index (χ1v) is 9.98. The predicted octanol–water partition coefficient (Wildman–Crippen LogP) is 3.73. The Kier molecular flexibility index (Phi) is 5.16. The largest absolute Gasteiger partial charge is 0.345 e. The van der Waals surface area contributed by atoms with Crippen LogP contribution in [0, 0.1) is 5.82 Å². The molecule has 0 bridgehead atoms. The van der Waals surface area contributed by atoms with Gasteiger partial charge in [-0.2, -0.15) is 0 Å². The zero-order valence-electron chi connectivity index (χ0n) is 15.9. The Morgan fingerprint density at radius 2 is 1.79 bits per heavy atom. The van der Waals surface area contributed by atoms with E-state index in [0.717, 1.165) is 43.2 Å². The maximum atomic E-state index is 13.3. The summed E-state index contributed by atoms with van der Waals surface area (Å²) >= 11 is 0. The highest BCUT2D eigenvalue weighted by Crippen LogP contribution is 2.41. The minimum absolute atomic E-state index is 0.0250. The topological polar surface area (TPSA) is 49.4 Å². The van der Waals surface area contributed by atoms with Crippen molar-refractivity contribution in [3.63, 3.8) is 0 Å². The molecule has 2 aliphatic rings. The molecule has 1 heterocycles. The Morgan fingerprint density at radius 1 is 1.07 bits per heavy atom. The van der Waals surface area contributed by atoms with E-state index in [9.17, 15) is 14.0 Å². The van der Waals surface area contributed by atoms with E-state index in [1.54, 1.807) is 17.0 Å². The average molecular weight is 380 g/mol. The van der Waals surface area contributed by atoms with Crippen molar-refractivity contribution in [2.45, 2.75) is 43.6 Å². The van der Waals surface area contributed by atoms with E-state index in [4.69, 9.17) is 0 Å². The van der Waals surface area contributed by atoms with Crippen molar-refractivity contribution in [3.8, 4) is 0 Å². The Hall–Kier alpha value is -2.69. The van der Waals surface area contributed by atoms with Gasteiger partial charge in [-0.3, -0.25) is 9.59 Å². The Balaban J connectivity index is 1.43. The number of piperidine rings is 1. The number of rotatable bonds is 5. The second-order valence-corrected chi connectivity index (χ2v) is 7.86. The molecule has 4 nitrogen and oxygen atoms in total. The second kappa shape index (κ2) is 7.74. The monoisotopic (exact) mass is 380 g/mol. The van der Waals surface area contributed by atoms with E-state index in [2.05, 4.69) is 5.32 Å². The summed E-state index contributed by atoms with van der Waals surface area (Å²) in [4.78, 5) is 27.4. The van der Waals surface area contributed by atoms with Crippen molar-refractivity contribution in [2.24, 2.45) is 0 Å². The van der Waals surface area contributed by atoms with Crippen LogP contribution < -0.4 is 5.32 Å². The number of nitrogens with one attached hydrogen (secondary N) is 1. The fraction of sp³-hybridized carbons (Fsp3) is 0.391. The standard InChI is InChI=1S/C23H25FN2O2/c24-19-11-9-18(10-12-19)23(13-5-14-23)25-21(27)16-26-15-4-8-20(22(26)28)17-6-2-1-3-7-17/h1-3,6-7,9-12,20H,4-5,8,13-16H2,(H,25,27). The fourth-order valence-electron chi connectivity index (χ4n) is 4.36. The Bertz CT molecular complexity index is 847. The number of hydrogen-bond donors (Lipinski definition) is 1. The second-order valence-electron chi connectivity index (χ2n) is 7.86. The van der Waals surface area contributed by atoms with Crippen LogP contribution in [0.5, 0.6) is 0 Å². The van der Waals surface area contributed by atoms with Crippen LogP contribution in [0.25, 0.3) is 0 Å². The highest BCUT2D eigenvalue weighted by Gasteiger charge is 2.40. The van der Waals surface area contributed by atoms with Crippen LogP contribution in [0.15, 0.2) is 54.6 Å². The smallest absolute Gasteiger partial charge is 0.240 e. The zero-order valence-corrected chi connectivity index (χ0v) is 15.9. The Morgan fingerprint density at radius 3 is 2.43 bits per heavy atom. The lowest BCUT2D eigenvalue weighted by molar-refractivity contribution is -0.140. The van der Waals surface area contributed by atoms with Crippen molar-refractivity contribution in [1.82, 2.24) is 10.2 Å². The molecule has 0 aromatic heterocycles. The van der Waals surface area contributed by atoms with Crippen LogP contribution in [0.1, 0.15) is 49.1 Å². The van der Waals surface area contributed by atoms with E-state index in [1.807, 2.05) is 30.3 Å². The number of amides is 2. The van der Waals surface area contributed by atoms with Gasteiger partial charge in [-0.05, 0) is 55.4 Å². The molecular formula is C23H25FN2O2. The third-order valence-electron chi connectivity index (χ3n) is 6.05. The first-order chi connectivity index (χ1) is 13.6. The SMILES string of the molecule is O=C(CN1CCCC(c2ccccc2)C1=O)NC1(c2ccc(F)cc2)CCC1. The van der Waals surface area contributed by atoms with Gasteiger partial charge < -0.3 is 10.2 Å². The van der Waals surface area contributed by atoms with Crippen LogP contribution in [-0.2, 0) is 15.1 Å². The van der Waals surface area contributed by atoms with Gasteiger partial charge in [0.2, 0.25) is 11.8 Å². The van der Waals surface area contributed by atoms with Crippen molar-refractivity contribution < 1.29 is 14.0 Å². The van der Waals surface area contributed by atoms with Gasteiger partial charge in [0.1, 0.15) is 5.82 Å². The molecule has 1 aliphatic heterocycles. The average Bonchev–Trinajstić information content (AvgIpc) is 2.68. The van der Waals surface area contributed by atoms with Gasteiger partial charge in [-0.25, -0.2) is 4.39 Å². The minimum Gasteiger partial charge on any atom is -0.345 e. The molecule has 0 spiro atoms. The predicted molar refractivity (Wildman–Crippen MR) is 105 cm³/mol. The maximum Gasteiger partial charge on any atom is 0.240 e. The van der Waals surface area contributed by atoms with Crippen LogP contribution in [0.3, 0.4) is 0 Å². The molecule has 1 saturated carbocycles. The van der Waals surface area contributed by atoms with Crippen LogP contribution in [0.4, 0.5) is 4.39 Å². The number of benzene rings is 2. The number of carbonyl (C=O) groups excluding carboxylic acids is 2. The summed E-state index contributed by atoms with van der Waals surface area (Å²) in [5.74, 6) is -0.573. The van der Waals surface area contributed by atoms with Crippen LogP contribution >= 0.6 is 0 Å². The van der Waals surface area contributed by atoms with Crippen molar-refractivity contribution in [1.29, 1.82) is 0 Å². The summed E-state index contributed by atoms with van der Waals surface area (Å²) < 4.78 is 13.3. The molecule has 146 valence electrons. The molecule has 28 heavy (non-hydrogen) atoms. The molecule has 2 aromatic carbocycles. The molecule has 1 aliphatic carbocycles. The van der Waals surface area contributed by atoms with Gasteiger partial charge in [0.25, 0.3) is 0 Å². The third kappa shape index (κ3) is 3.66. The summed E-state index contributed by atoms with van der Waals surface area (Å²) in [7, 11) is 0. The minimum atomic E-state index is -0.428. The van der Waals surface area contributed by atoms with Gasteiger partial charge in [0.15, 0.2) is 0 Å². The van der Waals surface area contributed by atoms with E-state index >= 15 is 0 Å². The van der Waals surface area contributed by atoms with Gasteiger partial charge >= 0.3 is 0 Å². The van der Waals surface area contributed by atoms with E-state index in [0.29, 0.717) is 6.54 Å². The Labute approximate surface area is 164 Å². The lowest BCUT2D eigenvalue weighted by atomic mass is 9.71. The fourth-order valence-corrected chi connectivity index (χ4v) is 4.36. The lowest BCUT2D eigenvalue weighted by Crippen LogP contribution is -2.54. The number of likely N-dealkylation sites (tertiary alicyclic amines) is 1. The number of nitrogens with zero attached hydrogens (tertiary/aromatic N) is 1. The zero-order chi connectivity index (χ0) is 19.6. The molecule has 1 unspecified atom stereocenters. The maximum absolute atomic E-state index is 13.3. The molecule has 0 radical (unpaired) electrons. The summed E-state index contributed by atoms with van der Waals surface area (Å²) in [6, 6.07) is 16.1. The van der Waals surface area contributed by atoms with Crippen molar-refractivity contribution >= 4 is 11.8 Å². The molecule has 5 heteroatoms. The molecule has 2 fully saturated rings. The van der Waals surface area contributed by atoms with Gasteiger partial charge in [0.05, 0.1) is 18.0 Å². The van der Waals surface area contributed by atoms with Crippen molar-refractivity contribution in [3.05, 3.63) is 71.5 Å². The summed E-state index contributed by atoms with van der Waals surface area (Å²) in [6.07, 6.45) is 4.41. The first kappa shape index (κ1) is 18.7. The summed E-state index contributed by atoms with van der Waals surface area (Å²) in [5, 5.41) is 3.13. The number of halogens is 1. The van der Waals surface area contributed by atoms with Crippen LogP contribution in [-0.4, -0.2) is 29.8 Å². The molecule has 2 aromatic rings. The quantitative estimate of drug-likeness (QED) is 0.859. The molecule has 1 saturated heterocycles. The first-order valence-electron chi connectivity index (χ1n) is 9.98. The number of hydrogen-bond acceptors (Lipinski definition) is 2. The van der Waals surface area contributed by atoms with Gasteiger partial charge in [0, 0.05) is 6.54 Å². The van der Waals surface area contributed by atoms with E-state index in [1.165, 1.54) is 12.1 Å². The van der Waals surface area contributed by atoms with E-state index < -0.39 is 5.54 Å². The van der Waals surface area contributed by atoms with Crippen LogP contribution in [0.2, 0.25) is 0 Å². The molecule has 1 atom stereocenters. The van der Waals surface area contributed by atoms with E-state index in [-0.39, 0.29) is 30.1 Å². The normalized spacial score (nSPS) is 21.1. The third-order valence-corrected chi connectivity index (χ3v) is 6.05. The highest BCUT2D eigenvalue weighted by molar-refractivity contribution is 5.89. The molecule has 4 rings (SSSR count). The molecule has 2 amide bonds. The summed E-state index contributed by atoms with van der Waals surface area (Å²) in [5.41, 5.74) is 1.52. The van der Waals surface area contributed by atoms with Gasteiger partial charge in [-0.1, -0.05) is 42.5 Å².